The molecule has 3 nitrogen and oxygen atoms in total. The van der Waals surface area contributed by atoms with Crippen molar-refractivity contribution < 1.29 is 4.74 Å². The van der Waals surface area contributed by atoms with Crippen LogP contribution in [0, 0.1) is 11.3 Å². The van der Waals surface area contributed by atoms with Gasteiger partial charge >= 0.3 is 0 Å². The van der Waals surface area contributed by atoms with Gasteiger partial charge in [-0.2, -0.15) is 5.26 Å². The lowest BCUT2D eigenvalue weighted by molar-refractivity contribution is 0.105. The molecule has 0 N–H and O–H groups in total. The molecule has 1 heterocycles. The highest BCUT2D eigenvalue weighted by Gasteiger charge is 2.31. The molecule has 0 bridgehead atoms. The Morgan fingerprint density at radius 3 is 2.79 bits per heavy atom. The van der Waals surface area contributed by atoms with Gasteiger partial charge in [0.2, 0.25) is 0 Å². The van der Waals surface area contributed by atoms with Gasteiger partial charge in [-0.25, -0.2) is 0 Å². The van der Waals surface area contributed by atoms with E-state index < -0.39 is 0 Å². The van der Waals surface area contributed by atoms with E-state index in [4.69, 9.17) is 10.00 Å². The van der Waals surface area contributed by atoms with Crippen molar-refractivity contribution in [3.63, 3.8) is 0 Å². The summed E-state index contributed by atoms with van der Waals surface area (Å²) in [4.78, 5) is 2.27. The van der Waals surface area contributed by atoms with Crippen molar-refractivity contribution in [3.8, 4) is 11.8 Å². The summed E-state index contributed by atoms with van der Waals surface area (Å²) in [6.45, 7) is 10.1. The molecule has 0 saturated heterocycles. The minimum absolute atomic E-state index is 0.207. The Bertz CT molecular complexity index is 500. The molecule has 0 aliphatic carbocycles. The number of benzene rings is 1. The first-order valence-corrected chi connectivity index (χ1v) is 6.88. The second-order valence-corrected chi connectivity index (χ2v) is 6.07. The molecule has 0 atom stereocenters. The predicted octanol–water partition coefficient (Wildman–Crippen LogP) is 3.70. The van der Waals surface area contributed by atoms with Crippen molar-refractivity contribution in [2.75, 3.05) is 18.0 Å². The smallest absolute Gasteiger partial charge is 0.143 e. The van der Waals surface area contributed by atoms with Crippen LogP contribution in [0.1, 0.15) is 45.6 Å². The summed E-state index contributed by atoms with van der Waals surface area (Å²) in [6.07, 6.45) is 0.543. The minimum Gasteiger partial charge on any atom is -0.484 e. The lowest BCUT2D eigenvalue weighted by Gasteiger charge is -2.41. The van der Waals surface area contributed by atoms with E-state index in [1.807, 2.05) is 0 Å². The van der Waals surface area contributed by atoms with Crippen molar-refractivity contribution in [3.05, 3.63) is 23.8 Å². The fraction of sp³-hybridized carbons (Fsp3) is 0.562. The molecule has 0 amide bonds. The predicted molar refractivity (Wildman–Crippen MR) is 77.7 cm³/mol. The first-order valence-electron chi connectivity index (χ1n) is 6.88. The van der Waals surface area contributed by atoms with Crippen molar-refractivity contribution in [1.29, 1.82) is 5.26 Å². The maximum absolute atomic E-state index is 8.81. The summed E-state index contributed by atoms with van der Waals surface area (Å²) in [5, 5.41) is 8.81. The third-order valence-corrected chi connectivity index (χ3v) is 3.44. The quantitative estimate of drug-likeness (QED) is 0.829. The molecular formula is C16H22N2O. The van der Waals surface area contributed by atoms with E-state index in [1.54, 1.807) is 0 Å². The van der Waals surface area contributed by atoms with Gasteiger partial charge in [0.15, 0.2) is 0 Å². The fourth-order valence-corrected chi connectivity index (χ4v) is 2.49. The number of fused-ring (bicyclic) bond motifs is 1. The normalized spacial score (nSPS) is 16.7. The fourth-order valence-electron chi connectivity index (χ4n) is 2.49. The van der Waals surface area contributed by atoms with Crippen LogP contribution in [0.15, 0.2) is 18.2 Å². The number of hydrogen-bond acceptors (Lipinski definition) is 3. The number of anilines is 1. The second kappa shape index (κ2) is 5.13. The lowest BCUT2D eigenvalue weighted by atomic mass is 9.99. The van der Waals surface area contributed by atoms with Crippen LogP contribution in [0.3, 0.4) is 0 Å². The van der Waals surface area contributed by atoms with E-state index >= 15 is 0 Å². The molecule has 19 heavy (non-hydrogen) atoms. The van der Waals surface area contributed by atoms with Crippen molar-refractivity contribution in [1.82, 2.24) is 0 Å². The molecule has 1 aromatic carbocycles. The van der Waals surface area contributed by atoms with E-state index in [9.17, 15) is 0 Å². The van der Waals surface area contributed by atoms with E-state index in [1.165, 1.54) is 5.56 Å². The summed E-state index contributed by atoms with van der Waals surface area (Å²) < 4.78 is 6.04. The van der Waals surface area contributed by atoms with Crippen LogP contribution in [-0.4, -0.2) is 18.7 Å². The van der Waals surface area contributed by atoms with Crippen molar-refractivity contribution in [2.24, 2.45) is 0 Å². The Balaban J connectivity index is 2.37. The SMILES string of the molecule is CC(C)c1ccc2c(c1)N(CCC#N)CC(C)(C)O2. The molecule has 1 aromatic rings. The highest BCUT2D eigenvalue weighted by molar-refractivity contribution is 5.62. The maximum Gasteiger partial charge on any atom is 0.143 e. The third kappa shape index (κ3) is 3.01. The number of nitriles is 1. The Morgan fingerprint density at radius 2 is 2.16 bits per heavy atom. The monoisotopic (exact) mass is 258 g/mol. The first kappa shape index (κ1) is 13.7. The van der Waals surface area contributed by atoms with Crippen molar-refractivity contribution in [2.45, 2.75) is 45.6 Å². The Kier molecular flexibility index (Phi) is 3.71. The topological polar surface area (TPSA) is 36.3 Å². The molecule has 1 aliphatic heterocycles. The van der Waals surface area contributed by atoms with E-state index in [-0.39, 0.29) is 5.60 Å². The lowest BCUT2D eigenvalue weighted by Crippen LogP contribution is -2.47. The van der Waals surface area contributed by atoms with Crippen LogP contribution in [0.2, 0.25) is 0 Å². The number of hydrogen-bond donors (Lipinski definition) is 0. The summed E-state index contributed by atoms with van der Waals surface area (Å²) >= 11 is 0. The molecule has 2 rings (SSSR count). The summed E-state index contributed by atoms with van der Waals surface area (Å²) in [5.74, 6) is 1.43. The van der Waals surface area contributed by atoms with Gasteiger partial charge in [-0.3, -0.25) is 0 Å². The van der Waals surface area contributed by atoms with E-state index in [0.29, 0.717) is 12.3 Å². The molecule has 0 saturated carbocycles. The Labute approximate surface area is 115 Å². The van der Waals surface area contributed by atoms with Gasteiger partial charge in [0.05, 0.1) is 24.7 Å². The van der Waals surface area contributed by atoms with Crippen LogP contribution >= 0.6 is 0 Å². The van der Waals surface area contributed by atoms with Crippen LogP contribution < -0.4 is 9.64 Å². The molecular weight excluding hydrogens is 236 g/mol. The van der Waals surface area contributed by atoms with Crippen molar-refractivity contribution >= 4 is 5.69 Å². The third-order valence-electron chi connectivity index (χ3n) is 3.44. The van der Waals surface area contributed by atoms with E-state index in [0.717, 1.165) is 24.5 Å². The van der Waals surface area contributed by atoms with Gasteiger partial charge in [0.1, 0.15) is 11.4 Å². The zero-order valence-corrected chi connectivity index (χ0v) is 12.2. The van der Waals surface area contributed by atoms with Crippen LogP contribution in [0.5, 0.6) is 5.75 Å². The van der Waals surface area contributed by atoms with E-state index in [2.05, 4.69) is 56.9 Å². The first-order chi connectivity index (χ1) is 8.93. The van der Waals surface area contributed by atoms with Crippen LogP contribution in [-0.2, 0) is 0 Å². The molecule has 1 aliphatic rings. The van der Waals surface area contributed by atoms with Gasteiger partial charge in [-0.05, 0) is 37.5 Å². The highest BCUT2D eigenvalue weighted by Crippen LogP contribution is 2.38. The van der Waals surface area contributed by atoms with Gasteiger partial charge < -0.3 is 9.64 Å². The standard InChI is InChI=1S/C16H22N2O/c1-12(2)13-6-7-15-14(10-13)18(9-5-8-17)11-16(3,4)19-15/h6-7,10,12H,5,9,11H2,1-4H3. The average molecular weight is 258 g/mol. The molecule has 0 unspecified atom stereocenters. The Morgan fingerprint density at radius 1 is 1.42 bits per heavy atom. The maximum atomic E-state index is 8.81. The largest absolute Gasteiger partial charge is 0.484 e. The highest BCUT2D eigenvalue weighted by atomic mass is 16.5. The zero-order chi connectivity index (χ0) is 14.0. The number of ether oxygens (including phenoxy) is 1. The molecule has 0 aromatic heterocycles. The summed E-state index contributed by atoms with van der Waals surface area (Å²) in [7, 11) is 0. The number of nitrogens with zero attached hydrogens (tertiary/aromatic N) is 2. The summed E-state index contributed by atoms with van der Waals surface area (Å²) in [5.41, 5.74) is 2.23. The minimum atomic E-state index is -0.207. The van der Waals surface area contributed by atoms with Crippen LogP contribution in [0.25, 0.3) is 0 Å². The average Bonchev–Trinajstić information content (AvgIpc) is 2.34. The van der Waals surface area contributed by atoms with Gasteiger partial charge in [-0.15, -0.1) is 0 Å². The molecule has 0 radical (unpaired) electrons. The van der Waals surface area contributed by atoms with Crippen LogP contribution in [0.4, 0.5) is 5.69 Å². The number of rotatable bonds is 3. The molecule has 3 heteroatoms. The molecule has 0 fully saturated rings. The molecule has 0 spiro atoms. The van der Waals surface area contributed by atoms with Gasteiger partial charge in [-0.1, -0.05) is 19.9 Å². The molecule has 102 valence electrons. The zero-order valence-electron chi connectivity index (χ0n) is 12.2. The van der Waals surface area contributed by atoms with Gasteiger partial charge in [0.25, 0.3) is 0 Å². The second-order valence-electron chi connectivity index (χ2n) is 6.07. The Hall–Kier alpha value is -1.69. The summed E-state index contributed by atoms with van der Waals surface area (Å²) in [6, 6.07) is 8.62. The van der Waals surface area contributed by atoms with Gasteiger partial charge in [0, 0.05) is 6.54 Å².